The van der Waals surface area contributed by atoms with Crippen LogP contribution in [-0.2, 0) is 14.3 Å². The number of ether oxygens (including phenoxy) is 1. The van der Waals surface area contributed by atoms with Crippen LogP contribution in [-0.4, -0.2) is 23.8 Å². The minimum Gasteiger partial charge on any atom is -0.469 e. The Morgan fingerprint density at radius 1 is 0.804 bits per heavy atom. The van der Waals surface area contributed by atoms with Gasteiger partial charge >= 0.3 is 5.97 Å². The van der Waals surface area contributed by atoms with Crippen molar-refractivity contribution < 1.29 is 14.3 Å². The van der Waals surface area contributed by atoms with Crippen molar-refractivity contribution in [1.82, 2.24) is 4.98 Å². The van der Waals surface area contributed by atoms with Gasteiger partial charge in [0.25, 0.3) is 0 Å². The molecule has 4 heteroatoms. The summed E-state index contributed by atoms with van der Waals surface area (Å²) in [6, 6.07) is 14.9. The number of allylic oxidation sites excluding steroid dienone is 2. The van der Waals surface area contributed by atoms with Crippen molar-refractivity contribution in [2.24, 2.45) is 62.6 Å². The van der Waals surface area contributed by atoms with Crippen molar-refractivity contribution in [3.63, 3.8) is 0 Å². The minimum atomic E-state index is -0.413. The van der Waals surface area contributed by atoms with Crippen molar-refractivity contribution in [3.8, 4) is 0 Å². The second kappa shape index (κ2) is 10.9. The van der Waals surface area contributed by atoms with Crippen LogP contribution in [0.15, 0.2) is 67.0 Å². The lowest BCUT2D eigenvalue weighted by Crippen LogP contribution is -2.64. The SMILES string of the molecule is COC(=O)[C@@]12CCC3C(C=CC4[C@@]3(C)CCC3C(C)(C)C(=O)C(C(c5ccccc5)c5ccncc5)C[C@@]34C)C1CC(C)(C)CC2. The Kier molecular flexibility index (Phi) is 7.54. The Labute approximate surface area is 277 Å². The average molecular weight is 622 g/mol. The number of Topliss-reactive ketones (excluding diaryl/α,β-unsaturated/α-hetero) is 1. The quantitative estimate of drug-likeness (QED) is 0.252. The number of aromatic nitrogens is 1. The molecule has 0 aliphatic heterocycles. The lowest BCUT2D eigenvalue weighted by molar-refractivity contribution is -0.191. The molecular formula is C42H55NO3. The third kappa shape index (κ3) is 4.55. The monoisotopic (exact) mass is 621 g/mol. The molecular weight excluding hydrogens is 566 g/mol. The number of rotatable bonds is 4. The Balaban J connectivity index is 1.31. The van der Waals surface area contributed by atoms with Crippen molar-refractivity contribution in [3.05, 3.63) is 78.1 Å². The minimum absolute atomic E-state index is 0.00192. The highest BCUT2D eigenvalue weighted by atomic mass is 16.5. The third-order valence-corrected chi connectivity index (χ3v) is 14.8. The summed E-state index contributed by atoms with van der Waals surface area (Å²) in [4.78, 5) is 32.7. The highest BCUT2D eigenvalue weighted by Gasteiger charge is 2.68. The van der Waals surface area contributed by atoms with Crippen molar-refractivity contribution in [2.45, 2.75) is 98.8 Å². The van der Waals surface area contributed by atoms with Gasteiger partial charge in [0.2, 0.25) is 0 Å². The van der Waals surface area contributed by atoms with E-state index in [0.717, 1.165) is 51.4 Å². The first kappa shape index (κ1) is 31.8. The summed E-state index contributed by atoms with van der Waals surface area (Å²) in [6.07, 6.45) is 17.2. The van der Waals surface area contributed by atoms with Crippen molar-refractivity contribution in [1.29, 1.82) is 0 Å². The molecule has 0 saturated heterocycles. The predicted molar refractivity (Wildman–Crippen MR) is 183 cm³/mol. The van der Waals surface area contributed by atoms with E-state index in [4.69, 9.17) is 4.74 Å². The lowest BCUT2D eigenvalue weighted by Gasteiger charge is -2.68. The molecule has 2 aromatic rings. The molecule has 5 aliphatic rings. The van der Waals surface area contributed by atoms with Gasteiger partial charge in [-0.2, -0.15) is 0 Å². The molecule has 1 aromatic heterocycles. The van der Waals surface area contributed by atoms with Crippen LogP contribution in [0.3, 0.4) is 0 Å². The first-order valence-electron chi connectivity index (χ1n) is 18.0. The highest BCUT2D eigenvalue weighted by Crippen LogP contribution is 2.72. The standard InChI is InChI=1S/C42H55NO3/c1-38(2)21-22-42(37(45)46-7)20-15-31-29(32(42)26-38)13-14-34-40(31,5)19-16-33-39(3,4)36(44)30(25-41(33,34)6)35(27-11-9-8-10-12-27)28-17-23-43-24-18-28/h8-14,17-18,23-24,29-35H,15-16,19-22,25-26H2,1-7H3/t29?,30?,31?,32?,33?,34?,35?,40-,41-,42+/m0/s1. The van der Waals surface area contributed by atoms with Gasteiger partial charge in [0, 0.05) is 29.6 Å². The van der Waals surface area contributed by atoms with E-state index < -0.39 is 5.41 Å². The molecule has 4 nitrogen and oxygen atoms in total. The third-order valence-electron chi connectivity index (χ3n) is 14.8. The first-order valence-corrected chi connectivity index (χ1v) is 18.0. The molecule has 1 aromatic carbocycles. The predicted octanol–water partition coefficient (Wildman–Crippen LogP) is 9.45. The Morgan fingerprint density at radius 3 is 2.20 bits per heavy atom. The molecule has 10 atom stereocenters. The molecule has 46 heavy (non-hydrogen) atoms. The molecule has 5 aliphatic carbocycles. The van der Waals surface area contributed by atoms with Gasteiger partial charge in [0.1, 0.15) is 5.78 Å². The van der Waals surface area contributed by atoms with E-state index in [-0.39, 0.29) is 39.5 Å². The summed E-state index contributed by atoms with van der Waals surface area (Å²) in [5.41, 5.74) is 1.99. The number of methoxy groups -OCH3 is 1. The average Bonchev–Trinajstić information content (AvgIpc) is 3.03. The zero-order valence-corrected chi connectivity index (χ0v) is 29.2. The topological polar surface area (TPSA) is 56.3 Å². The van der Waals surface area contributed by atoms with Gasteiger partial charge in [0.15, 0.2) is 0 Å². The maximum atomic E-state index is 14.8. The van der Waals surface area contributed by atoms with Crippen molar-refractivity contribution >= 4 is 11.8 Å². The molecule has 0 spiro atoms. The first-order chi connectivity index (χ1) is 21.8. The molecule has 246 valence electrons. The fourth-order valence-corrected chi connectivity index (χ4v) is 12.8. The molecule has 0 bridgehead atoms. The van der Waals surface area contributed by atoms with Crippen LogP contribution in [0.2, 0.25) is 0 Å². The molecule has 1 heterocycles. The Hall–Kier alpha value is -2.75. The number of benzene rings is 1. The summed E-state index contributed by atoms with van der Waals surface area (Å²) in [5, 5.41) is 0. The Morgan fingerprint density at radius 2 is 1.50 bits per heavy atom. The second-order valence-electron chi connectivity index (χ2n) is 17.9. The largest absolute Gasteiger partial charge is 0.469 e. The van der Waals surface area contributed by atoms with E-state index >= 15 is 0 Å². The number of nitrogens with zero attached hydrogens (tertiary/aromatic N) is 1. The summed E-state index contributed by atoms with van der Waals surface area (Å²) in [6.45, 7) is 14.4. The van der Waals surface area contributed by atoms with Gasteiger partial charge < -0.3 is 4.74 Å². The van der Waals surface area contributed by atoms with Gasteiger partial charge in [-0.15, -0.1) is 0 Å². The van der Waals surface area contributed by atoms with E-state index in [0.29, 0.717) is 35.4 Å². The number of hydrogen-bond donors (Lipinski definition) is 0. The van der Waals surface area contributed by atoms with E-state index in [1.54, 1.807) is 7.11 Å². The summed E-state index contributed by atoms with van der Waals surface area (Å²) in [7, 11) is 1.59. The van der Waals surface area contributed by atoms with E-state index in [2.05, 4.69) is 101 Å². The normalized spacial score (nSPS) is 41.2. The van der Waals surface area contributed by atoms with Crippen LogP contribution in [0.25, 0.3) is 0 Å². The summed E-state index contributed by atoms with van der Waals surface area (Å²) in [5.74, 6) is 2.35. The van der Waals surface area contributed by atoms with Crippen LogP contribution < -0.4 is 0 Å². The van der Waals surface area contributed by atoms with Gasteiger partial charge in [-0.1, -0.05) is 84.0 Å². The number of pyridine rings is 1. The number of ketones is 1. The molecule has 4 saturated carbocycles. The van der Waals surface area contributed by atoms with Crippen LogP contribution in [0.5, 0.6) is 0 Å². The molecule has 7 unspecified atom stereocenters. The maximum Gasteiger partial charge on any atom is 0.312 e. The number of esters is 1. The van der Waals surface area contributed by atoms with Gasteiger partial charge in [-0.05, 0) is 120 Å². The number of fused-ring (bicyclic) bond motifs is 7. The fourth-order valence-electron chi connectivity index (χ4n) is 12.8. The van der Waals surface area contributed by atoms with Gasteiger partial charge in [-0.25, -0.2) is 0 Å². The molecule has 7 rings (SSSR count). The number of carbonyl (C=O) groups is 2. The fraction of sp³-hybridized carbons (Fsp3) is 0.643. The van der Waals surface area contributed by atoms with Gasteiger partial charge in [0.05, 0.1) is 12.5 Å². The van der Waals surface area contributed by atoms with Crippen LogP contribution in [0.1, 0.15) is 110 Å². The number of carbonyl (C=O) groups excluding carboxylic acids is 2. The van der Waals surface area contributed by atoms with E-state index in [1.165, 1.54) is 11.1 Å². The molecule has 0 N–H and O–H groups in total. The van der Waals surface area contributed by atoms with Crippen molar-refractivity contribution in [2.75, 3.05) is 7.11 Å². The van der Waals surface area contributed by atoms with E-state index in [9.17, 15) is 9.59 Å². The van der Waals surface area contributed by atoms with Crippen LogP contribution in [0, 0.1) is 62.6 Å². The zero-order chi connectivity index (χ0) is 32.7. The van der Waals surface area contributed by atoms with Crippen LogP contribution in [0.4, 0.5) is 0 Å². The second-order valence-corrected chi connectivity index (χ2v) is 17.9. The van der Waals surface area contributed by atoms with Gasteiger partial charge in [-0.3, -0.25) is 14.6 Å². The maximum absolute atomic E-state index is 14.8. The number of hydrogen-bond acceptors (Lipinski definition) is 4. The molecule has 0 radical (unpaired) electrons. The molecule has 0 amide bonds. The summed E-state index contributed by atoms with van der Waals surface area (Å²) >= 11 is 0. The molecule has 4 fully saturated rings. The zero-order valence-electron chi connectivity index (χ0n) is 29.2. The highest BCUT2D eigenvalue weighted by molar-refractivity contribution is 5.89. The van der Waals surface area contributed by atoms with Crippen LogP contribution >= 0.6 is 0 Å². The Bertz CT molecular complexity index is 1470. The smallest absolute Gasteiger partial charge is 0.312 e. The van der Waals surface area contributed by atoms with E-state index in [1.807, 2.05) is 12.4 Å². The summed E-state index contributed by atoms with van der Waals surface area (Å²) < 4.78 is 5.56. The lowest BCUT2D eigenvalue weighted by atomic mass is 9.35.